The average molecular weight is 331 g/mol. The second-order valence-electron chi connectivity index (χ2n) is 5.72. The fraction of sp³-hybridized carbons (Fsp3) is 0.538. The van der Waals surface area contributed by atoms with Crippen LogP contribution in [0.25, 0.3) is 0 Å². The van der Waals surface area contributed by atoms with Crippen molar-refractivity contribution in [2.45, 2.75) is 18.7 Å². The second kappa shape index (κ2) is 6.59. The molecular weight excluding hydrogens is 310 g/mol. The van der Waals surface area contributed by atoms with Crippen LogP contribution in [0.15, 0.2) is 23.1 Å². The van der Waals surface area contributed by atoms with Crippen molar-refractivity contribution < 1.29 is 18.1 Å². The lowest BCUT2D eigenvalue weighted by molar-refractivity contribution is -0.385. The lowest BCUT2D eigenvalue weighted by Gasteiger charge is -2.28. The number of hydrogen-bond donors (Lipinski definition) is 1. The molecule has 0 bridgehead atoms. The fourth-order valence-corrected chi connectivity index (χ4v) is 3.39. The predicted octanol–water partition coefficient (Wildman–Crippen LogP) is 1.21. The maximum Gasteiger partial charge on any atom is 0.273 e. The zero-order valence-electron chi connectivity index (χ0n) is 13.1. The Balaban J connectivity index is 3.25. The van der Waals surface area contributed by atoms with Crippen molar-refractivity contribution in [3.8, 4) is 5.75 Å². The summed E-state index contributed by atoms with van der Waals surface area (Å²) in [7, 11) is -1.13. The van der Waals surface area contributed by atoms with Crippen LogP contribution >= 0.6 is 0 Å². The molecule has 0 spiro atoms. The molecule has 22 heavy (non-hydrogen) atoms. The molecule has 0 aliphatic rings. The quantitative estimate of drug-likeness (QED) is 0.593. The summed E-state index contributed by atoms with van der Waals surface area (Å²) in [5.41, 5.74) is 5.00. The Morgan fingerprint density at radius 3 is 2.45 bits per heavy atom. The average Bonchev–Trinajstić information content (AvgIpc) is 2.45. The number of sulfonamides is 1. The lowest BCUT2D eigenvalue weighted by Crippen LogP contribution is -2.39. The molecule has 124 valence electrons. The molecular formula is C13H21N3O5S. The Morgan fingerprint density at radius 1 is 1.41 bits per heavy atom. The highest BCUT2D eigenvalue weighted by Gasteiger charge is 2.30. The Morgan fingerprint density at radius 2 is 2.00 bits per heavy atom. The third kappa shape index (κ3) is 3.93. The van der Waals surface area contributed by atoms with Gasteiger partial charge in [0.2, 0.25) is 10.0 Å². The highest BCUT2D eigenvalue weighted by Crippen LogP contribution is 2.31. The number of nitrogens with two attached hydrogens (primary N) is 1. The van der Waals surface area contributed by atoms with E-state index in [9.17, 15) is 18.5 Å². The molecule has 0 amide bonds. The summed E-state index contributed by atoms with van der Waals surface area (Å²) in [6.45, 7) is 4.24. The van der Waals surface area contributed by atoms with Gasteiger partial charge in [0.15, 0.2) is 0 Å². The minimum Gasteiger partial charge on any atom is -0.495 e. The molecule has 1 aromatic rings. The molecule has 1 rings (SSSR count). The van der Waals surface area contributed by atoms with Crippen LogP contribution in [0.2, 0.25) is 0 Å². The summed E-state index contributed by atoms with van der Waals surface area (Å²) in [4.78, 5) is 10.0. The van der Waals surface area contributed by atoms with Crippen molar-refractivity contribution in [1.82, 2.24) is 4.31 Å². The van der Waals surface area contributed by atoms with E-state index in [1.165, 1.54) is 24.5 Å². The molecule has 2 N–H and O–H groups in total. The molecule has 9 heteroatoms. The molecule has 0 saturated carbocycles. The van der Waals surface area contributed by atoms with Crippen LogP contribution in [0.4, 0.5) is 5.69 Å². The van der Waals surface area contributed by atoms with Crippen LogP contribution in [0, 0.1) is 15.5 Å². The van der Waals surface area contributed by atoms with Crippen molar-refractivity contribution in [2.24, 2.45) is 11.1 Å². The van der Waals surface area contributed by atoms with Gasteiger partial charge in [-0.25, -0.2) is 12.7 Å². The Bertz CT molecular complexity index is 658. The highest BCUT2D eigenvalue weighted by molar-refractivity contribution is 7.89. The van der Waals surface area contributed by atoms with Crippen molar-refractivity contribution in [3.63, 3.8) is 0 Å². The molecule has 0 aliphatic carbocycles. The van der Waals surface area contributed by atoms with E-state index in [-0.39, 0.29) is 22.9 Å². The van der Waals surface area contributed by atoms with E-state index in [0.717, 1.165) is 12.1 Å². The molecule has 0 saturated heterocycles. The molecule has 0 aromatic heterocycles. The SMILES string of the molecule is COc1cc([N+](=O)[O-])ccc1S(=O)(=O)N(C)CC(C)(C)CN. The minimum absolute atomic E-state index is 0.0633. The summed E-state index contributed by atoms with van der Waals surface area (Å²) in [6, 6.07) is 3.41. The van der Waals surface area contributed by atoms with E-state index in [0.29, 0.717) is 6.54 Å². The van der Waals surface area contributed by atoms with Crippen LogP contribution in [-0.2, 0) is 10.0 Å². The molecule has 0 atom stereocenters. The monoisotopic (exact) mass is 331 g/mol. The number of hydrogen-bond acceptors (Lipinski definition) is 6. The normalized spacial score (nSPS) is 12.5. The maximum absolute atomic E-state index is 12.6. The number of nitrogens with zero attached hydrogens (tertiary/aromatic N) is 2. The Kier molecular flexibility index (Phi) is 5.49. The Hall–Kier alpha value is -1.71. The Labute approximate surface area is 130 Å². The lowest BCUT2D eigenvalue weighted by atomic mass is 9.94. The number of benzene rings is 1. The predicted molar refractivity (Wildman–Crippen MR) is 82.3 cm³/mol. The largest absolute Gasteiger partial charge is 0.495 e. The van der Waals surface area contributed by atoms with Crippen molar-refractivity contribution in [3.05, 3.63) is 28.3 Å². The van der Waals surface area contributed by atoms with Crippen molar-refractivity contribution >= 4 is 15.7 Å². The fourth-order valence-electron chi connectivity index (χ4n) is 1.90. The van der Waals surface area contributed by atoms with Gasteiger partial charge in [0.25, 0.3) is 5.69 Å². The minimum atomic E-state index is -3.84. The van der Waals surface area contributed by atoms with Crippen molar-refractivity contribution in [1.29, 1.82) is 0 Å². The van der Waals surface area contributed by atoms with E-state index in [1.54, 1.807) is 0 Å². The van der Waals surface area contributed by atoms with E-state index in [1.807, 2.05) is 13.8 Å². The van der Waals surface area contributed by atoms with Gasteiger partial charge in [0.05, 0.1) is 18.1 Å². The zero-order chi connectivity index (χ0) is 17.1. The van der Waals surface area contributed by atoms with Crippen LogP contribution in [0.1, 0.15) is 13.8 Å². The number of ether oxygens (including phenoxy) is 1. The van der Waals surface area contributed by atoms with Gasteiger partial charge < -0.3 is 10.5 Å². The number of methoxy groups -OCH3 is 1. The van der Waals surface area contributed by atoms with Crippen LogP contribution in [0.5, 0.6) is 5.75 Å². The first kappa shape index (κ1) is 18.3. The van der Waals surface area contributed by atoms with Gasteiger partial charge in [-0.1, -0.05) is 13.8 Å². The summed E-state index contributed by atoms with van der Waals surface area (Å²) in [5.74, 6) is -0.0633. The van der Waals surface area contributed by atoms with Crippen molar-refractivity contribution in [2.75, 3.05) is 27.2 Å². The van der Waals surface area contributed by atoms with Gasteiger partial charge in [0.1, 0.15) is 10.6 Å². The van der Waals surface area contributed by atoms with Crippen LogP contribution in [-0.4, -0.2) is 44.9 Å². The number of nitro benzene ring substituents is 1. The summed E-state index contributed by atoms with van der Waals surface area (Å²) in [5, 5.41) is 10.8. The highest BCUT2D eigenvalue weighted by atomic mass is 32.2. The van der Waals surface area contributed by atoms with E-state index < -0.39 is 20.4 Å². The molecule has 0 aliphatic heterocycles. The molecule has 0 unspecified atom stereocenters. The molecule has 1 aromatic carbocycles. The first-order valence-corrected chi connectivity index (χ1v) is 7.98. The topological polar surface area (TPSA) is 116 Å². The molecule has 0 heterocycles. The van der Waals surface area contributed by atoms with E-state index in [2.05, 4.69) is 0 Å². The summed E-state index contributed by atoms with van der Waals surface area (Å²) in [6.07, 6.45) is 0. The first-order chi connectivity index (χ1) is 10.0. The zero-order valence-corrected chi connectivity index (χ0v) is 13.9. The van der Waals surface area contributed by atoms with Gasteiger partial charge in [-0.2, -0.15) is 0 Å². The standard InChI is InChI=1S/C13H21N3O5S/c1-13(2,8-14)9-15(3)22(19,20)12-6-5-10(16(17)18)7-11(12)21-4/h5-7H,8-9,14H2,1-4H3. The third-order valence-corrected chi connectivity index (χ3v) is 5.09. The second-order valence-corrected chi connectivity index (χ2v) is 7.73. The summed E-state index contributed by atoms with van der Waals surface area (Å²) >= 11 is 0. The summed E-state index contributed by atoms with van der Waals surface area (Å²) < 4.78 is 31.4. The first-order valence-electron chi connectivity index (χ1n) is 6.54. The van der Waals surface area contributed by atoms with Crippen LogP contribution in [0.3, 0.4) is 0 Å². The number of non-ortho nitro benzene ring substituents is 1. The van der Waals surface area contributed by atoms with Gasteiger partial charge >= 0.3 is 0 Å². The molecule has 0 fully saturated rings. The maximum atomic E-state index is 12.6. The number of rotatable bonds is 7. The van der Waals surface area contributed by atoms with Gasteiger partial charge in [-0.15, -0.1) is 0 Å². The van der Waals surface area contributed by atoms with E-state index >= 15 is 0 Å². The third-order valence-electron chi connectivity index (χ3n) is 3.25. The van der Waals surface area contributed by atoms with Gasteiger partial charge in [-0.3, -0.25) is 10.1 Å². The molecule has 0 radical (unpaired) electrons. The smallest absolute Gasteiger partial charge is 0.273 e. The van der Waals surface area contributed by atoms with Crippen LogP contribution < -0.4 is 10.5 Å². The number of nitro groups is 1. The van der Waals surface area contributed by atoms with Gasteiger partial charge in [-0.05, 0) is 18.0 Å². The van der Waals surface area contributed by atoms with Gasteiger partial charge in [0, 0.05) is 19.7 Å². The molecule has 8 nitrogen and oxygen atoms in total. The van der Waals surface area contributed by atoms with E-state index in [4.69, 9.17) is 10.5 Å².